The average Bonchev–Trinajstić information content (AvgIpc) is 3.11. The number of nitrogens with zero attached hydrogens (tertiary/aromatic N) is 5. The van der Waals surface area contributed by atoms with E-state index in [9.17, 15) is 4.79 Å². The molecule has 25 heavy (non-hydrogen) atoms. The lowest BCUT2D eigenvalue weighted by atomic mass is 10.2. The van der Waals surface area contributed by atoms with Crippen molar-refractivity contribution < 1.29 is 9.53 Å². The number of amides is 1. The third kappa shape index (κ3) is 3.27. The molecule has 0 spiro atoms. The fourth-order valence-corrected chi connectivity index (χ4v) is 2.20. The molecule has 1 amide bonds. The highest BCUT2D eigenvalue weighted by Crippen LogP contribution is 2.20. The lowest BCUT2D eigenvalue weighted by Crippen LogP contribution is -2.11. The number of hydrogen-bond acceptors (Lipinski definition) is 6. The molecular formula is C17H12N6O2. The Kier molecular flexibility index (Phi) is 3.76. The summed E-state index contributed by atoms with van der Waals surface area (Å²) < 4.78 is 7.20. The largest absolute Gasteiger partial charge is 0.438 e. The molecule has 0 atom stereocenters. The van der Waals surface area contributed by atoms with E-state index in [0.29, 0.717) is 28.5 Å². The minimum Gasteiger partial charge on any atom is -0.438 e. The third-order valence-corrected chi connectivity index (χ3v) is 3.40. The van der Waals surface area contributed by atoms with E-state index in [2.05, 4.69) is 25.6 Å². The molecule has 0 saturated heterocycles. The molecule has 122 valence electrons. The monoisotopic (exact) mass is 332 g/mol. The van der Waals surface area contributed by atoms with E-state index in [4.69, 9.17) is 4.74 Å². The number of pyridine rings is 1. The van der Waals surface area contributed by atoms with Crippen LogP contribution in [0.5, 0.6) is 11.6 Å². The van der Waals surface area contributed by atoms with Crippen molar-refractivity contribution in [3.63, 3.8) is 0 Å². The Morgan fingerprint density at radius 1 is 1.08 bits per heavy atom. The molecule has 4 rings (SSSR count). The normalized spacial score (nSPS) is 10.6. The van der Waals surface area contributed by atoms with Crippen LogP contribution >= 0.6 is 0 Å². The molecule has 0 aliphatic rings. The predicted molar refractivity (Wildman–Crippen MR) is 89.5 cm³/mol. The van der Waals surface area contributed by atoms with Gasteiger partial charge < -0.3 is 10.1 Å². The van der Waals surface area contributed by atoms with Crippen LogP contribution in [0.2, 0.25) is 0 Å². The van der Waals surface area contributed by atoms with Crippen molar-refractivity contribution in [1.29, 1.82) is 0 Å². The minimum atomic E-state index is -0.219. The van der Waals surface area contributed by atoms with Crippen LogP contribution in [-0.2, 0) is 0 Å². The van der Waals surface area contributed by atoms with Gasteiger partial charge in [0.1, 0.15) is 12.1 Å². The number of benzene rings is 1. The highest BCUT2D eigenvalue weighted by molar-refractivity contribution is 6.04. The summed E-state index contributed by atoms with van der Waals surface area (Å²) in [6.45, 7) is 0. The highest BCUT2D eigenvalue weighted by Gasteiger charge is 2.07. The molecule has 0 fully saturated rings. The van der Waals surface area contributed by atoms with E-state index in [1.54, 1.807) is 60.9 Å². The molecule has 0 saturated carbocycles. The van der Waals surface area contributed by atoms with Crippen LogP contribution in [0.25, 0.3) is 5.65 Å². The van der Waals surface area contributed by atoms with Crippen molar-refractivity contribution in [2.24, 2.45) is 0 Å². The Morgan fingerprint density at radius 2 is 1.96 bits per heavy atom. The van der Waals surface area contributed by atoms with Crippen LogP contribution in [0.4, 0.5) is 5.69 Å². The van der Waals surface area contributed by atoms with Crippen molar-refractivity contribution in [3.05, 3.63) is 72.8 Å². The number of fused-ring (bicyclic) bond motifs is 1. The molecule has 0 unspecified atom stereocenters. The molecule has 1 N–H and O–H groups in total. The van der Waals surface area contributed by atoms with Crippen LogP contribution in [0.15, 0.2) is 67.3 Å². The van der Waals surface area contributed by atoms with Gasteiger partial charge in [0.15, 0.2) is 5.65 Å². The summed E-state index contributed by atoms with van der Waals surface area (Å²) in [6.07, 6.45) is 4.73. The van der Waals surface area contributed by atoms with Crippen LogP contribution in [0.1, 0.15) is 10.4 Å². The zero-order valence-corrected chi connectivity index (χ0v) is 12.9. The van der Waals surface area contributed by atoms with Crippen molar-refractivity contribution in [2.45, 2.75) is 0 Å². The molecule has 0 bridgehead atoms. The lowest BCUT2D eigenvalue weighted by molar-refractivity contribution is 0.102. The van der Waals surface area contributed by atoms with Gasteiger partial charge in [-0.25, -0.2) is 0 Å². The molecule has 1 aromatic carbocycles. The smallest absolute Gasteiger partial charge is 0.255 e. The number of carbonyl (C=O) groups is 1. The quantitative estimate of drug-likeness (QED) is 0.617. The van der Waals surface area contributed by atoms with Gasteiger partial charge in [-0.1, -0.05) is 0 Å². The molecule has 8 heteroatoms. The average molecular weight is 332 g/mol. The Hall–Kier alpha value is -3.81. The zero-order chi connectivity index (χ0) is 17.1. The Balaban J connectivity index is 1.46. The van der Waals surface area contributed by atoms with Crippen molar-refractivity contribution >= 4 is 17.2 Å². The van der Waals surface area contributed by atoms with Crippen molar-refractivity contribution in [3.8, 4) is 11.6 Å². The first-order valence-corrected chi connectivity index (χ1v) is 7.44. The van der Waals surface area contributed by atoms with E-state index in [1.807, 2.05) is 0 Å². The third-order valence-electron chi connectivity index (χ3n) is 3.40. The second-order valence-corrected chi connectivity index (χ2v) is 5.13. The van der Waals surface area contributed by atoms with Crippen LogP contribution < -0.4 is 10.1 Å². The second-order valence-electron chi connectivity index (χ2n) is 5.13. The lowest BCUT2D eigenvalue weighted by Gasteiger charge is -2.07. The minimum absolute atomic E-state index is 0.219. The molecule has 0 aliphatic carbocycles. The van der Waals surface area contributed by atoms with Crippen molar-refractivity contribution in [2.75, 3.05) is 5.32 Å². The van der Waals surface area contributed by atoms with Crippen LogP contribution in [0, 0.1) is 0 Å². The van der Waals surface area contributed by atoms with Gasteiger partial charge in [0.2, 0.25) is 5.88 Å². The van der Waals surface area contributed by atoms with Gasteiger partial charge in [-0.05, 0) is 42.5 Å². The SMILES string of the molecule is O=C(Nc1cccnc1)c1ccc(Oc2ccc3nncn3n2)cc1. The molecular weight excluding hydrogens is 320 g/mol. The van der Waals surface area contributed by atoms with Gasteiger partial charge in [-0.2, -0.15) is 4.52 Å². The predicted octanol–water partition coefficient (Wildman–Crippen LogP) is 2.56. The van der Waals surface area contributed by atoms with Gasteiger partial charge in [0.25, 0.3) is 5.91 Å². The van der Waals surface area contributed by atoms with Gasteiger partial charge in [0.05, 0.1) is 11.9 Å². The van der Waals surface area contributed by atoms with E-state index in [-0.39, 0.29) is 5.91 Å². The van der Waals surface area contributed by atoms with Gasteiger partial charge in [-0.15, -0.1) is 15.3 Å². The summed E-state index contributed by atoms with van der Waals surface area (Å²) in [7, 11) is 0. The number of ether oxygens (including phenoxy) is 1. The first-order chi connectivity index (χ1) is 12.3. The van der Waals surface area contributed by atoms with Crippen LogP contribution in [-0.4, -0.2) is 30.7 Å². The number of rotatable bonds is 4. The summed E-state index contributed by atoms with van der Waals surface area (Å²) >= 11 is 0. The molecule has 8 nitrogen and oxygen atoms in total. The molecule has 3 aromatic heterocycles. The summed E-state index contributed by atoms with van der Waals surface area (Å²) in [5.41, 5.74) is 1.78. The standard InChI is InChI=1S/C17H12N6O2/c24-17(20-13-2-1-9-18-10-13)12-3-5-14(6-4-12)25-16-8-7-15-21-19-11-23(15)22-16/h1-11H,(H,20,24). The molecule has 4 aromatic rings. The fraction of sp³-hybridized carbons (Fsp3) is 0. The maximum atomic E-state index is 12.2. The highest BCUT2D eigenvalue weighted by atomic mass is 16.5. The fourth-order valence-electron chi connectivity index (χ4n) is 2.20. The maximum Gasteiger partial charge on any atom is 0.255 e. The van der Waals surface area contributed by atoms with E-state index in [0.717, 1.165) is 0 Å². The summed E-state index contributed by atoms with van der Waals surface area (Å²) in [5, 5.41) is 14.6. The van der Waals surface area contributed by atoms with Crippen molar-refractivity contribution in [1.82, 2.24) is 24.8 Å². The molecule has 3 heterocycles. The number of nitrogens with one attached hydrogen (secondary N) is 1. The van der Waals surface area contributed by atoms with Gasteiger partial charge in [-0.3, -0.25) is 9.78 Å². The Labute approximate surface area is 142 Å². The first-order valence-electron chi connectivity index (χ1n) is 7.44. The van der Waals surface area contributed by atoms with Crippen LogP contribution in [0.3, 0.4) is 0 Å². The van der Waals surface area contributed by atoms with E-state index in [1.165, 1.54) is 10.8 Å². The topological polar surface area (TPSA) is 94.3 Å². The number of carbonyl (C=O) groups excluding carboxylic acids is 1. The second kappa shape index (κ2) is 6.36. The number of aromatic nitrogens is 5. The van der Waals surface area contributed by atoms with Gasteiger partial charge >= 0.3 is 0 Å². The number of hydrogen-bond donors (Lipinski definition) is 1. The zero-order valence-electron chi connectivity index (χ0n) is 12.9. The molecule has 0 radical (unpaired) electrons. The van der Waals surface area contributed by atoms with Gasteiger partial charge in [0, 0.05) is 17.8 Å². The van der Waals surface area contributed by atoms with E-state index >= 15 is 0 Å². The summed E-state index contributed by atoms with van der Waals surface area (Å²) in [6, 6.07) is 13.8. The number of anilines is 1. The summed E-state index contributed by atoms with van der Waals surface area (Å²) in [4.78, 5) is 16.1. The first kappa shape index (κ1) is 14.8. The summed E-state index contributed by atoms with van der Waals surface area (Å²) in [5.74, 6) is 0.751. The Bertz CT molecular complexity index is 1010. The Morgan fingerprint density at radius 3 is 2.76 bits per heavy atom. The van der Waals surface area contributed by atoms with E-state index < -0.39 is 0 Å². The maximum absolute atomic E-state index is 12.2. The molecule has 0 aliphatic heterocycles.